The number of nitrogens with zero attached hydrogens (tertiary/aromatic N) is 1. The van der Waals surface area contributed by atoms with Crippen LogP contribution in [0.25, 0.3) is 0 Å². The Balaban J connectivity index is 0. The van der Waals surface area contributed by atoms with Crippen molar-refractivity contribution in [3.63, 3.8) is 0 Å². The van der Waals surface area contributed by atoms with Crippen molar-refractivity contribution in [2.75, 3.05) is 46.6 Å². The van der Waals surface area contributed by atoms with Gasteiger partial charge in [0.05, 0.1) is 13.2 Å². The highest BCUT2D eigenvalue weighted by Crippen LogP contribution is 1.87. The smallest absolute Gasteiger partial charge is 0.191 e. The van der Waals surface area contributed by atoms with Gasteiger partial charge in [0, 0.05) is 33.4 Å². The quantitative estimate of drug-likeness (QED) is 0.247. The van der Waals surface area contributed by atoms with Gasteiger partial charge < -0.3 is 20.1 Å². The van der Waals surface area contributed by atoms with E-state index in [9.17, 15) is 0 Å². The fourth-order valence-electron chi connectivity index (χ4n) is 1.33. The van der Waals surface area contributed by atoms with Crippen molar-refractivity contribution in [1.82, 2.24) is 10.6 Å². The lowest BCUT2D eigenvalue weighted by Gasteiger charge is -2.10. The van der Waals surface area contributed by atoms with Gasteiger partial charge in [0.15, 0.2) is 5.96 Å². The van der Waals surface area contributed by atoms with E-state index < -0.39 is 0 Å². The Bertz CT molecular complexity index is 204. The Hall–Kier alpha value is -0.0800. The third-order valence-corrected chi connectivity index (χ3v) is 2.32. The van der Waals surface area contributed by atoms with Crippen LogP contribution in [0.4, 0.5) is 0 Å². The van der Waals surface area contributed by atoms with Crippen molar-refractivity contribution in [1.29, 1.82) is 0 Å². The van der Waals surface area contributed by atoms with Crippen LogP contribution in [0.2, 0.25) is 0 Å². The molecule has 0 bridgehead atoms. The zero-order chi connectivity index (χ0) is 13.5. The summed E-state index contributed by atoms with van der Waals surface area (Å²) in [5.74, 6) is 0.905. The van der Waals surface area contributed by atoms with Crippen LogP contribution in [0.3, 0.4) is 0 Å². The molecule has 2 N–H and O–H groups in total. The zero-order valence-electron chi connectivity index (χ0n) is 12.5. The first-order valence-electron chi connectivity index (χ1n) is 6.94. The van der Waals surface area contributed by atoms with Gasteiger partial charge in [0.1, 0.15) is 0 Å². The monoisotopic (exact) mass is 387 g/mol. The number of ether oxygens (including phenoxy) is 2. The van der Waals surface area contributed by atoms with Gasteiger partial charge in [0.2, 0.25) is 0 Å². The van der Waals surface area contributed by atoms with Crippen LogP contribution in [-0.4, -0.2) is 52.5 Å². The molecular formula is C13H30IN3O2. The molecule has 0 saturated carbocycles. The minimum atomic E-state index is 0. The predicted octanol–water partition coefficient (Wildman–Crippen LogP) is 2.01. The lowest BCUT2D eigenvalue weighted by atomic mass is 10.3. The van der Waals surface area contributed by atoms with Gasteiger partial charge in [-0.15, -0.1) is 24.0 Å². The number of guanidine groups is 1. The highest BCUT2D eigenvalue weighted by molar-refractivity contribution is 14.0. The number of halogens is 1. The van der Waals surface area contributed by atoms with Gasteiger partial charge in [-0.3, -0.25) is 4.99 Å². The summed E-state index contributed by atoms with van der Waals surface area (Å²) in [6.45, 7) is 8.97. The Morgan fingerprint density at radius 3 is 2.47 bits per heavy atom. The van der Waals surface area contributed by atoms with Crippen molar-refractivity contribution in [2.24, 2.45) is 4.99 Å². The number of rotatable bonds is 11. The molecule has 6 heteroatoms. The van der Waals surface area contributed by atoms with E-state index in [1.54, 1.807) is 7.11 Å². The first kappa shape index (κ1) is 21.2. The summed E-state index contributed by atoms with van der Waals surface area (Å²) < 4.78 is 10.3. The van der Waals surface area contributed by atoms with Crippen LogP contribution in [0, 0.1) is 0 Å². The van der Waals surface area contributed by atoms with Crippen molar-refractivity contribution < 1.29 is 9.47 Å². The molecule has 5 nitrogen and oxygen atoms in total. The molecule has 0 aromatic rings. The second-order valence-electron chi connectivity index (χ2n) is 4.00. The second-order valence-corrected chi connectivity index (χ2v) is 4.00. The maximum atomic E-state index is 5.38. The lowest BCUT2D eigenvalue weighted by molar-refractivity contribution is 0.0702. The summed E-state index contributed by atoms with van der Waals surface area (Å²) >= 11 is 0. The highest BCUT2D eigenvalue weighted by atomic mass is 127. The number of hydrogen-bond acceptors (Lipinski definition) is 3. The molecule has 0 aliphatic heterocycles. The molecule has 0 unspecified atom stereocenters. The van der Waals surface area contributed by atoms with E-state index in [0.29, 0.717) is 13.2 Å². The number of unbranched alkanes of at least 4 members (excludes halogenated alkanes) is 1. The molecule has 0 saturated heterocycles. The number of aliphatic imine (C=N–C) groups is 1. The van der Waals surface area contributed by atoms with Crippen LogP contribution in [-0.2, 0) is 9.47 Å². The fraction of sp³-hybridized carbons (Fsp3) is 0.923. The van der Waals surface area contributed by atoms with E-state index in [0.717, 1.165) is 38.6 Å². The SMILES string of the molecule is CCCCNC(=NCCCOCCOC)NCC.I. The minimum absolute atomic E-state index is 0. The molecular weight excluding hydrogens is 357 g/mol. The molecule has 0 aromatic carbocycles. The van der Waals surface area contributed by atoms with Crippen molar-refractivity contribution in [2.45, 2.75) is 33.1 Å². The standard InChI is InChI=1S/C13H29N3O2.HI/c1-4-6-8-15-13(14-5-2)16-9-7-10-18-12-11-17-3;/h4-12H2,1-3H3,(H2,14,15,16);1H. The Morgan fingerprint density at radius 1 is 1.05 bits per heavy atom. The first-order chi connectivity index (χ1) is 8.85. The largest absolute Gasteiger partial charge is 0.382 e. The predicted molar refractivity (Wildman–Crippen MR) is 91.6 cm³/mol. The Morgan fingerprint density at radius 2 is 1.84 bits per heavy atom. The van der Waals surface area contributed by atoms with Crippen LogP contribution >= 0.6 is 24.0 Å². The van der Waals surface area contributed by atoms with Crippen molar-refractivity contribution in [3.05, 3.63) is 0 Å². The Labute approximate surface area is 134 Å². The molecule has 0 aliphatic rings. The maximum Gasteiger partial charge on any atom is 0.191 e. The molecule has 0 heterocycles. The summed E-state index contributed by atoms with van der Waals surface area (Å²) in [5, 5.41) is 6.54. The van der Waals surface area contributed by atoms with Gasteiger partial charge in [-0.25, -0.2) is 0 Å². The van der Waals surface area contributed by atoms with E-state index in [4.69, 9.17) is 9.47 Å². The second kappa shape index (κ2) is 17.9. The third-order valence-electron chi connectivity index (χ3n) is 2.32. The molecule has 116 valence electrons. The summed E-state index contributed by atoms with van der Waals surface area (Å²) in [6, 6.07) is 0. The Kier molecular flexibility index (Phi) is 20.0. The molecule has 0 atom stereocenters. The molecule has 0 fully saturated rings. The molecule has 0 amide bonds. The number of hydrogen-bond donors (Lipinski definition) is 2. The first-order valence-corrected chi connectivity index (χ1v) is 6.94. The zero-order valence-corrected chi connectivity index (χ0v) is 14.9. The number of methoxy groups -OCH3 is 1. The topological polar surface area (TPSA) is 54.9 Å². The molecule has 0 aromatic heterocycles. The van der Waals surface area contributed by atoms with Gasteiger partial charge in [0.25, 0.3) is 0 Å². The lowest BCUT2D eigenvalue weighted by Crippen LogP contribution is -2.37. The molecule has 0 radical (unpaired) electrons. The van der Waals surface area contributed by atoms with E-state index in [1.807, 2.05) is 0 Å². The molecule has 0 rings (SSSR count). The van der Waals surface area contributed by atoms with E-state index in [2.05, 4.69) is 29.5 Å². The van der Waals surface area contributed by atoms with Crippen molar-refractivity contribution in [3.8, 4) is 0 Å². The summed E-state index contributed by atoms with van der Waals surface area (Å²) in [4.78, 5) is 4.49. The summed E-state index contributed by atoms with van der Waals surface area (Å²) in [6.07, 6.45) is 3.30. The van der Waals surface area contributed by atoms with Gasteiger partial charge in [-0.2, -0.15) is 0 Å². The molecule has 0 aliphatic carbocycles. The van der Waals surface area contributed by atoms with E-state index in [-0.39, 0.29) is 24.0 Å². The average Bonchev–Trinajstić information content (AvgIpc) is 2.38. The summed E-state index contributed by atoms with van der Waals surface area (Å²) in [5.41, 5.74) is 0. The van der Waals surface area contributed by atoms with Crippen LogP contribution in [0.1, 0.15) is 33.1 Å². The van der Waals surface area contributed by atoms with Crippen LogP contribution in [0.5, 0.6) is 0 Å². The van der Waals surface area contributed by atoms with Crippen molar-refractivity contribution >= 4 is 29.9 Å². The molecule has 19 heavy (non-hydrogen) atoms. The normalized spacial score (nSPS) is 11.0. The van der Waals surface area contributed by atoms with Gasteiger partial charge >= 0.3 is 0 Å². The molecule has 0 spiro atoms. The van der Waals surface area contributed by atoms with Crippen LogP contribution in [0.15, 0.2) is 4.99 Å². The van der Waals surface area contributed by atoms with E-state index in [1.165, 1.54) is 12.8 Å². The number of nitrogens with one attached hydrogen (secondary N) is 2. The van der Waals surface area contributed by atoms with E-state index >= 15 is 0 Å². The fourth-order valence-corrected chi connectivity index (χ4v) is 1.33. The van der Waals surface area contributed by atoms with Gasteiger partial charge in [-0.1, -0.05) is 13.3 Å². The summed E-state index contributed by atoms with van der Waals surface area (Å²) in [7, 11) is 1.68. The third kappa shape index (κ3) is 15.9. The van der Waals surface area contributed by atoms with Crippen LogP contribution < -0.4 is 10.6 Å². The highest BCUT2D eigenvalue weighted by Gasteiger charge is 1.95. The van der Waals surface area contributed by atoms with Gasteiger partial charge in [-0.05, 0) is 19.8 Å². The minimum Gasteiger partial charge on any atom is -0.382 e. The maximum absolute atomic E-state index is 5.38. The average molecular weight is 387 g/mol.